The second-order valence-corrected chi connectivity index (χ2v) is 3.47. The lowest BCUT2D eigenvalue weighted by Crippen LogP contribution is -2.32. The van der Waals surface area contributed by atoms with E-state index < -0.39 is 0 Å². The highest BCUT2D eigenvalue weighted by Crippen LogP contribution is 2.17. The van der Waals surface area contributed by atoms with Crippen molar-refractivity contribution in [3.63, 3.8) is 0 Å². The van der Waals surface area contributed by atoms with E-state index in [9.17, 15) is 4.79 Å². The highest BCUT2D eigenvalue weighted by atomic mass is 16.1. The minimum absolute atomic E-state index is 0.0903. The van der Waals surface area contributed by atoms with Crippen molar-refractivity contribution in [3.05, 3.63) is 17.7 Å². The van der Waals surface area contributed by atoms with Gasteiger partial charge < -0.3 is 9.88 Å². The van der Waals surface area contributed by atoms with Crippen LogP contribution in [0.5, 0.6) is 0 Å². The average Bonchev–Trinajstić information content (AvgIpc) is 2.66. The Balaban J connectivity index is 0.000000531. The van der Waals surface area contributed by atoms with E-state index in [4.69, 9.17) is 0 Å². The fourth-order valence-corrected chi connectivity index (χ4v) is 1.77. The monoisotopic (exact) mass is 209 g/mol. The van der Waals surface area contributed by atoms with E-state index in [1.165, 1.54) is 0 Å². The van der Waals surface area contributed by atoms with E-state index in [1.54, 1.807) is 13.1 Å². The molecule has 0 aliphatic carbocycles. The Morgan fingerprint density at radius 1 is 1.60 bits per heavy atom. The van der Waals surface area contributed by atoms with Crippen molar-refractivity contribution in [1.29, 1.82) is 0 Å². The zero-order valence-corrected chi connectivity index (χ0v) is 9.87. The zero-order valence-electron chi connectivity index (χ0n) is 9.87. The highest BCUT2D eigenvalue weighted by molar-refractivity contribution is 5.92. The van der Waals surface area contributed by atoms with Crippen molar-refractivity contribution >= 4 is 5.78 Å². The Kier molecular flexibility index (Phi) is 4.03. The SMILES string of the molecule is CC.CC(=O)c1cnc2n1C(C)CNC2. The van der Waals surface area contributed by atoms with Crippen molar-refractivity contribution in [1.82, 2.24) is 14.9 Å². The average molecular weight is 209 g/mol. The molecule has 1 aliphatic heterocycles. The van der Waals surface area contributed by atoms with Gasteiger partial charge in [0.1, 0.15) is 11.5 Å². The molecule has 0 fully saturated rings. The first kappa shape index (κ1) is 11.9. The molecule has 2 heterocycles. The van der Waals surface area contributed by atoms with Gasteiger partial charge in [-0.1, -0.05) is 13.8 Å². The number of carbonyl (C=O) groups is 1. The minimum atomic E-state index is 0.0903. The minimum Gasteiger partial charge on any atom is -0.320 e. The van der Waals surface area contributed by atoms with E-state index in [2.05, 4.69) is 17.2 Å². The molecule has 0 bridgehead atoms. The van der Waals surface area contributed by atoms with Crippen LogP contribution in [0.25, 0.3) is 0 Å². The first-order valence-electron chi connectivity index (χ1n) is 5.48. The molecule has 0 radical (unpaired) electrons. The number of nitrogens with zero attached hydrogens (tertiary/aromatic N) is 2. The molecule has 0 saturated heterocycles. The lowest BCUT2D eigenvalue weighted by molar-refractivity contribution is 0.100. The van der Waals surface area contributed by atoms with Gasteiger partial charge in [-0.05, 0) is 6.92 Å². The van der Waals surface area contributed by atoms with Crippen LogP contribution in [0, 0.1) is 0 Å². The lowest BCUT2D eigenvalue weighted by Gasteiger charge is -2.24. The summed E-state index contributed by atoms with van der Waals surface area (Å²) in [5.74, 6) is 1.05. The summed E-state index contributed by atoms with van der Waals surface area (Å²) < 4.78 is 2.03. The van der Waals surface area contributed by atoms with Crippen LogP contribution in [-0.4, -0.2) is 21.9 Å². The molecule has 1 N–H and O–H groups in total. The Morgan fingerprint density at radius 2 is 2.27 bits per heavy atom. The summed E-state index contributed by atoms with van der Waals surface area (Å²) >= 11 is 0. The second-order valence-electron chi connectivity index (χ2n) is 3.47. The third-order valence-electron chi connectivity index (χ3n) is 2.40. The number of Topliss-reactive ketones (excluding diaryl/α,β-unsaturated/α-hetero) is 1. The summed E-state index contributed by atoms with van der Waals surface area (Å²) in [4.78, 5) is 15.5. The van der Waals surface area contributed by atoms with Crippen LogP contribution in [0.1, 0.15) is 50.0 Å². The molecule has 4 nitrogen and oxygen atoms in total. The molecular formula is C11H19N3O. The third kappa shape index (κ3) is 2.26. The van der Waals surface area contributed by atoms with Crippen LogP contribution in [0.4, 0.5) is 0 Å². The van der Waals surface area contributed by atoms with Gasteiger partial charge in [0.2, 0.25) is 0 Å². The first-order chi connectivity index (χ1) is 7.20. The van der Waals surface area contributed by atoms with E-state index in [0.29, 0.717) is 6.04 Å². The van der Waals surface area contributed by atoms with Gasteiger partial charge in [0.05, 0.1) is 12.7 Å². The summed E-state index contributed by atoms with van der Waals surface area (Å²) in [5, 5.41) is 3.25. The van der Waals surface area contributed by atoms with E-state index in [1.807, 2.05) is 18.4 Å². The molecule has 4 heteroatoms. The quantitative estimate of drug-likeness (QED) is 0.717. The van der Waals surface area contributed by atoms with Crippen LogP contribution < -0.4 is 5.32 Å². The van der Waals surface area contributed by atoms with Gasteiger partial charge in [-0.2, -0.15) is 0 Å². The molecule has 0 saturated carbocycles. The number of fused-ring (bicyclic) bond motifs is 1. The molecule has 15 heavy (non-hydrogen) atoms. The summed E-state index contributed by atoms with van der Waals surface area (Å²) in [7, 11) is 0. The summed E-state index contributed by atoms with van der Waals surface area (Å²) in [5.41, 5.74) is 0.726. The molecule has 0 amide bonds. The highest BCUT2D eigenvalue weighted by Gasteiger charge is 2.20. The van der Waals surface area contributed by atoms with Gasteiger partial charge in [0.25, 0.3) is 0 Å². The van der Waals surface area contributed by atoms with Crippen molar-refractivity contribution in [2.75, 3.05) is 6.54 Å². The van der Waals surface area contributed by atoms with E-state index >= 15 is 0 Å². The number of nitrogens with one attached hydrogen (secondary N) is 1. The van der Waals surface area contributed by atoms with Crippen molar-refractivity contribution in [3.8, 4) is 0 Å². The van der Waals surface area contributed by atoms with Gasteiger partial charge in [-0.25, -0.2) is 4.98 Å². The normalized spacial score (nSPS) is 18.8. The number of carbonyl (C=O) groups excluding carboxylic acids is 1. The van der Waals surface area contributed by atoms with Crippen LogP contribution in [0.3, 0.4) is 0 Å². The van der Waals surface area contributed by atoms with Gasteiger partial charge in [0, 0.05) is 19.5 Å². The maximum absolute atomic E-state index is 11.2. The molecule has 0 aromatic carbocycles. The topological polar surface area (TPSA) is 46.9 Å². The number of ketones is 1. The predicted octanol–water partition coefficient (Wildman–Crippen LogP) is 1.78. The number of imidazole rings is 1. The molecule has 1 aromatic rings. The van der Waals surface area contributed by atoms with Crippen LogP contribution in [-0.2, 0) is 6.54 Å². The maximum atomic E-state index is 11.2. The van der Waals surface area contributed by atoms with Gasteiger partial charge in [-0.3, -0.25) is 4.79 Å². The third-order valence-corrected chi connectivity index (χ3v) is 2.40. The summed E-state index contributed by atoms with van der Waals surface area (Å²) in [6, 6.07) is 0.324. The molecular weight excluding hydrogens is 190 g/mol. The second kappa shape index (κ2) is 5.07. The van der Waals surface area contributed by atoms with E-state index in [-0.39, 0.29) is 5.78 Å². The van der Waals surface area contributed by atoms with Crippen molar-refractivity contribution < 1.29 is 4.79 Å². The molecule has 1 unspecified atom stereocenters. The fraction of sp³-hybridized carbons (Fsp3) is 0.636. The summed E-state index contributed by atoms with van der Waals surface area (Å²) in [6.45, 7) is 9.34. The molecule has 0 spiro atoms. The van der Waals surface area contributed by atoms with Gasteiger partial charge in [-0.15, -0.1) is 0 Å². The largest absolute Gasteiger partial charge is 0.320 e. The number of aromatic nitrogens is 2. The Morgan fingerprint density at radius 3 is 2.87 bits per heavy atom. The lowest BCUT2D eigenvalue weighted by atomic mass is 10.2. The molecule has 2 rings (SSSR count). The Labute approximate surface area is 90.7 Å². The molecule has 84 valence electrons. The van der Waals surface area contributed by atoms with Crippen LogP contribution in [0.2, 0.25) is 0 Å². The molecule has 1 atom stereocenters. The first-order valence-corrected chi connectivity index (χ1v) is 5.48. The zero-order chi connectivity index (χ0) is 11.4. The molecule has 1 aliphatic rings. The molecule has 1 aromatic heterocycles. The number of rotatable bonds is 1. The fourth-order valence-electron chi connectivity index (χ4n) is 1.77. The summed E-state index contributed by atoms with van der Waals surface area (Å²) in [6.07, 6.45) is 1.67. The van der Waals surface area contributed by atoms with E-state index in [0.717, 1.165) is 24.6 Å². The Hall–Kier alpha value is -1.16. The van der Waals surface area contributed by atoms with Crippen molar-refractivity contribution in [2.24, 2.45) is 0 Å². The standard InChI is InChI=1S/C9H13N3O.C2H6/c1-6-3-10-5-9-11-4-8(7(2)13)12(6)9;1-2/h4,6,10H,3,5H2,1-2H3;1-2H3. The number of hydrogen-bond donors (Lipinski definition) is 1. The van der Waals surface area contributed by atoms with Crippen molar-refractivity contribution in [2.45, 2.75) is 40.3 Å². The van der Waals surface area contributed by atoms with Gasteiger partial charge in [0.15, 0.2) is 5.78 Å². The maximum Gasteiger partial charge on any atom is 0.177 e. The predicted molar refractivity (Wildman–Crippen MR) is 60.0 cm³/mol. The van der Waals surface area contributed by atoms with Crippen LogP contribution >= 0.6 is 0 Å². The Bertz CT molecular complexity index is 344. The van der Waals surface area contributed by atoms with Gasteiger partial charge >= 0.3 is 0 Å². The smallest absolute Gasteiger partial charge is 0.177 e. The van der Waals surface area contributed by atoms with Crippen LogP contribution in [0.15, 0.2) is 6.20 Å². The number of hydrogen-bond acceptors (Lipinski definition) is 3.